The van der Waals surface area contributed by atoms with Crippen LogP contribution in [0.5, 0.6) is 0 Å². The van der Waals surface area contributed by atoms with Gasteiger partial charge in [-0.25, -0.2) is 13.9 Å². The number of rotatable bonds is 5. The summed E-state index contributed by atoms with van der Waals surface area (Å²) in [6.45, 7) is 3.91. The molecule has 3 aromatic rings. The fourth-order valence-corrected chi connectivity index (χ4v) is 2.61. The standard InChI is InChI=1S/C20H22FN5O/c1-3-13(2)23-20(27)24-18-17(14-7-5-4-6-8-14)25-26(19(18)22)16-11-9-15(21)10-12-16/h4-13H,3,22H2,1-2H3,(H2,23,24,27)/t13-/m0/s1. The van der Waals surface area contributed by atoms with Crippen LogP contribution in [0.25, 0.3) is 16.9 Å². The highest BCUT2D eigenvalue weighted by molar-refractivity contribution is 5.97. The van der Waals surface area contributed by atoms with Crippen molar-refractivity contribution in [2.45, 2.75) is 26.3 Å². The Labute approximate surface area is 157 Å². The number of hydrogen-bond acceptors (Lipinski definition) is 3. The van der Waals surface area contributed by atoms with E-state index in [-0.39, 0.29) is 23.7 Å². The Bertz CT molecular complexity index is 922. The second-order valence-electron chi connectivity index (χ2n) is 6.27. The Kier molecular flexibility index (Phi) is 5.40. The summed E-state index contributed by atoms with van der Waals surface area (Å²) in [6, 6.07) is 14.9. The van der Waals surface area contributed by atoms with Gasteiger partial charge in [-0.1, -0.05) is 37.3 Å². The van der Waals surface area contributed by atoms with Crippen LogP contribution in [-0.2, 0) is 0 Å². The summed E-state index contributed by atoms with van der Waals surface area (Å²) >= 11 is 0. The maximum Gasteiger partial charge on any atom is 0.319 e. The van der Waals surface area contributed by atoms with Gasteiger partial charge >= 0.3 is 6.03 Å². The largest absolute Gasteiger partial charge is 0.382 e. The molecular weight excluding hydrogens is 345 g/mol. The molecule has 6 nitrogen and oxygen atoms in total. The third-order valence-electron chi connectivity index (χ3n) is 4.27. The Hall–Kier alpha value is -3.35. The fraction of sp³-hybridized carbons (Fsp3) is 0.200. The quantitative estimate of drug-likeness (QED) is 0.632. The van der Waals surface area contributed by atoms with Gasteiger partial charge in [-0.05, 0) is 37.6 Å². The van der Waals surface area contributed by atoms with E-state index in [4.69, 9.17) is 5.73 Å². The third-order valence-corrected chi connectivity index (χ3v) is 4.27. The molecule has 7 heteroatoms. The number of amides is 2. The van der Waals surface area contributed by atoms with Gasteiger partial charge in [0.15, 0.2) is 5.82 Å². The number of halogens is 1. The van der Waals surface area contributed by atoms with Crippen molar-refractivity contribution in [3.05, 3.63) is 60.4 Å². The summed E-state index contributed by atoms with van der Waals surface area (Å²) < 4.78 is 14.7. The van der Waals surface area contributed by atoms with Crippen molar-refractivity contribution in [3.63, 3.8) is 0 Å². The van der Waals surface area contributed by atoms with Crippen LogP contribution in [0.2, 0.25) is 0 Å². The smallest absolute Gasteiger partial charge is 0.319 e. The normalized spacial score (nSPS) is 11.8. The van der Waals surface area contributed by atoms with Crippen molar-refractivity contribution in [1.82, 2.24) is 15.1 Å². The number of anilines is 2. The van der Waals surface area contributed by atoms with E-state index in [1.54, 1.807) is 12.1 Å². The lowest BCUT2D eigenvalue weighted by Gasteiger charge is -2.13. The molecule has 140 valence electrons. The summed E-state index contributed by atoms with van der Waals surface area (Å²) in [7, 11) is 0. The molecule has 27 heavy (non-hydrogen) atoms. The number of nitrogens with one attached hydrogen (secondary N) is 2. The number of carbonyl (C=O) groups excluding carboxylic acids is 1. The molecule has 0 saturated heterocycles. The number of hydrogen-bond donors (Lipinski definition) is 3. The van der Waals surface area contributed by atoms with E-state index in [1.807, 2.05) is 44.2 Å². The van der Waals surface area contributed by atoms with E-state index < -0.39 is 0 Å². The lowest BCUT2D eigenvalue weighted by Crippen LogP contribution is -2.35. The molecule has 1 heterocycles. The first kappa shape index (κ1) is 18.4. The zero-order chi connectivity index (χ0) is 19.4. The highest BCUT2D eigenvalue weighted by Gasteiger charge is 2.20. The SMILES string of the molecule is CC[C@H](C)NC(=O)Nc1c(-c2ccccc2)nn(-c2ccc(F)cc2)c1N. The van der Waals surface area contributed by atoms with E-state index in [9.17, 15) is 9.18 Å². The maximum atomic E-state index is 13.3. The van der Waals surface area contributed by atoms with Crippen molar-refractivity contribution in [1.29, 1.82) is 0 Å². The molecular formula is C20H22FN5O. The first-order valence-electron chi connectivity index (χ1n) is 8.77. The first-order chi connectivity index (χ1) is 13.0. The van der Waals surface area contributed by atoms with Crippen LogP contribution in [0.15, 0.2) is 54.6 Å². The maximum absolute atomic E-state index is 13.3. The van der Waals surface area contributed by atoms with Gasteiger partial charge in [0.2, 0.25) is 0 Å². The molecule has 0 aliphatic rings. The van der Waals surface area contributed by atoms with E-state index in [0.29, 0.717) is 17.1 Å². The zero-order valence-electron chi connectivity index (χ0n) is 15.2. The average molecular weight is 367 g/mol. The molecule has 2 aromatic carbocycles. The van der Waals surface area contributed by atoms with Crippen LogP contribution in [0, 0.1) is 5.82 Å². The minimum absolute atomic E-state index is 0.0264. The minimum atomic E-state index is -0.355. The first-order valence-corrected chi connectivity index (χ1v) is 8.77. The molecule has 3 rings (SSSR count). The van der Waals surface area contributed by atoms with Crippen LogP contribution >= 0.6 is 0 Å². The van der Waals surface area contributed by atoms with Gasteiger partial charge in [0.05, 0.1) is 5.69 Å². The molecule has 2 amide bonds. The van der Waals surface area contributed by atoms with Crippen molar-refractivity contribution in [2.24, 2.45) is 0 Å². The number of nitrogens with two attached hydrogens (primary N) is 1. The lowest BCUT2D eigenvalue weighted by molar-refractivity contribution is 0.249. The van der Waals surface area contributed by atoms with Crippen molar-refractivity contribution in [2.75, 3.05) is 11.1 Å². The van der Waals surface area contributed by atoms with Crippen molar-refractivity contribution >= 4 is 17.5 Å². The van der Waals surface area contributed by atoms with Gasteiger partial charge in [-0.2, -0.15) is 5.10 Å². The predicted octanol–water partition coefficient (Wildman–Crippen LogP) is 4.18. The summed E-state index contributed by atoms with van der Waals surface area (Å²) in [5.74, 6) is -0.0844. The number of carbonyl (C=O) groups is 1. The molecule has 1 atom stereocenters. The summed E-state index contributed by atoms with van der Waals surface area (Å²) in [4.78, 5) is 12.3. The van der Waals surface area contributed by atoms with Crippen LogP contribution in [0.1, 0.15) is 20.3 Å². The summed E-state index contributed by atoms with van der Waals surface area (Å²) in [5, 5.41) is 10.2. The molecule has 0 aliphatic carbocycles. The molecule has 0 radical (unpaired) electrons. The lowest BCUT2D eigenvalue weighted by atomic mass is 10.1. The Morgan fingerprint density at radius 2 is 1.85 bits per heavy atom. The second kappa shape index (κ2) is 7.90. The summed E-state index contributed by atoms with van der Waals surface area (Å²) in [6.07, 6.45) is 0.809. The monoisotopic (exact) mass is 367 g/mol. The van der Waals surface area contributed by atoms with Gasteiger partial charge in [0.1, 0.15) is 17.2 Å². The molecule has 0 bridgehead atoms. The number of nitrogen functional groups attached to an aromatic ring is 1. The van der Waals surface area contributed by atoms with Gasteiger partial charge in [-0.3, -0.25) is 0 Å². The number of nitrogens with zero attached hydrogens (tertiary/aromatic N) is 2. The van der Waals surface area contributed by atoms with Gasteiger partial charge < -0.3 is 16.4 Å². The number of aromatic nitrogens is 2. The van der Waals surface area contributed by atoms with Crippen LogP contribution in [-0.4, -0.2) is 21.9 Å². The van der Waals surface area contributed by atoms with Gasteiger partial charge in [-0.15, -0.1) is 0 Å². The van der Waals surface area contributed by atoms with Crippen LogP contribution in [0.3, 0.4) is 0 Å². The Morgan fingerprint density at radius 3 is 2.48 bits per heavy atom. The second-order valence-corrected chi connectivity index (χ2v) is 6.27. The topological polar surface area (TPSA) is 85.0 Å². The Morgan fingerprint density at radius 1 is 1.19 bits per heavy atom. The molecule has 0 saturated carbocycles. The van der Waals surface area contributed by atoms with E-state index in [1.165, 1.54) is 16.8 Å². The minimum Gasteiger partial charge on any atom is -0.382 e. The van der Waals surface area contributed by atoms with Gasteiger partial charge in [0.25, 0.3) is 0 Å². The summed E-state index contributed by atoms with van der Waals surface area (Å²) in [5.41, 5.74) is 8.64. The van der Waals surface area contributed by atoms with Crippen LogP contribution < -0.4 is 16.4 Å². The van der Waals surface area contributed by atoms with E-state index >= 15 is 0 Å². The highest BCUT2D eigenvalue weighted by Crippen LogP contribution is 2.34. The average Bonchev–Trinajstić information content (AvgIpc) is 2.99. The zero-order valence-corrected chi connectivity index (χ0v) is 15.2. The van der Waals surface area contributed by atoms with E-state index in [2.05, 4.69) is 15.7 Å². The molecule has 0 unspecified atom stereocenters. The van der Waals surface area contributed by atoms with E-state index in [0.717, 1.165) is 12.0 Å². The molecule has 4 N–H and O–H groups in total. The molecule has 0 fully saturated rings. The van der Waals surface area contributed by atoms with Crippen molar-refractivity contribution < 1.29 is 9.18 Å². The molecule has 1 aromatic heterocycles. The number of urea groups is 1. The fourth-order valence-electron chi connectivity index (χ4n) is 2.61. The number of benzene rings is 2. The molecule has 0 spiro atoms. The highest BCUT2D eigenvalue weighted by atomic mass is 19.1. The van der Waals surface area contributed by atoms with Gasteiger partial charge in [0, 0.05) is 11.6 Å². The predicted molar refractivity (Wildman–Crippen MR) is 105 cm³/mol. The van der Waals surface area contributed by atoms with Crippen molar-refractivity contribution in [3.8, 4) is 16.9 Å². The third kappa shape index (κ3) is 4.08. The molecule has 0 aliphatic heterocycles. The van der Waals surface area contributed by atoms with Crippen LogP contribution in [0.4, 0.5) is 20.7 Å². The Balaban J connectivity index is 2.04.